The number of carbonyl (C=O) groups excluding carboxylic acids is 1. The van der Waals surface area contributed by atoms with Gasteiger partial charge in [0, 0.05) is 6.04 Å². The van der Waals surface area contributed by atoms with Gasteiger partial charge in [0.1, 0.15) is 5.82 Å². The summed E-state index contributed by atoms with van der Waals surface area (Å²) in [4.78, 5) is 23.0. The summed E-state index contributed by atoms with van der Waals surface area (Å²) in [6.07, 6.45) is 2.51. The summed E-state index contributed by atoms with van der Waals surface area (Å²) < 4.78 is 14.0. The molecule has 4 nitrogen and oxygen atoms in total. The zero-order valence-corrected chi connectivity index (χ0v) is 12.3. The standard InChI is InChI=1S/C14H15BrFNO3/c15-11-6-2-5-10(12(11)16)13(18)17-9-4-1-3-8(7-9)14(19)20/h2,5-6,8-9H,1,3-4,7H2,(H,17,18)(H,19,20). The highest BCUT2D eigenvalue weighted by Crippen LogP contribution is 2.25. The van der Waals surface area contributed by atoms with Crippen LogP contribution in [0.5, 0.6) is 0 Å². The molecule has 20 heavy (non-hydrogen) atoms. The van der Waals surface area contributed by atoms with E-state index in [0.717, 1.165) is 12.8 Å². The molecule has 1 aromatic rings. The fourth-order valence-corrected chi connectivity index (χ4v) is 2.85. The van der Waals surface area contributed by atoms with Gasteiger partial charge in [-0.15, -0.1) is 0 Å². The van der Waals surface area contributed by atoms with Crippen LogP contribution in [-0.2, 0) is 4.79 Å². The van der Waals surface area contributed by atoms with Crippen molar-refractivity contribution in [2.75, 3.05) is 0 Å². The van der Waals surface area contributed by atoms with Crippen molar-refractivity contribution in [3.8, 4) is 0 Å². The number of benzene rings is 1. The van der Waals surface area contributed by atoms with E-state index in [-0.39, 0.29) is 16.1 Å². The number of carboxylic acid groups (broad SMARTS) is 1. The maximum atomic E-state index is 13.8. The van der Waals surface area contributed by atoms with Crippen molar-refractivity contribution in [2.24, 2.45) is 5.92 Å². The smallest absolute Gasteiger partial charge is 0.306 e. The van der Waals surface area contributed by atoms with Crippen LogP contribution in [0.25, 0.3) is 0 Å². The molecule has 0 aromatic heterocycles. The first-order valence-corrected chi connectivity index (χ1v) is 7.26. The second-order valence-electron chi connectivity index (χ2n) is 4.97. The SMILES string of the molecule is O=C(NC1CCCC(C(=O)O)C1)c1cccc(Br)c1F. The van der Waals surface area contributed by atoms with Crippen LogP contribution >= 0.6 is 15.9 Å². The molecule has 2 N–H and O–H groups in total. The Kier molecular flexibility index (Phi) is 4.75. The Morgan fingerprint density at radius 3 is 2.80 bits per heavy atom. The molecule has 1 aliphatic carbocycles. The molecular formula is C14H15BrFNO3. The lowest BCUT2D eigenvalue weighted by molar-refractivity contribution is -0.143. The van der Waals surface area contributed by atoms with Crippen LogP contribution in [0.3, 0.4) is 0 Å². The molecule has 1 amide bonds. The van der Waals surface area contributed by atoms with E-state index in [1.807, 2.05) is 0 Å². The average molecular weight is 344 g/mol. The fraction of sp³-hybridized carbons (Fsp3) is 0.429. The quantitative estimate of drug-likeness (QED) is 0.886. The van der Waals surface area contributed by atoms with Crippen molar-refractivity contribution in [3.05, 3.63) is 34.1 Å². The molecule has 0 radical (unpaired) electrons. The third-order valence-corrected chi connectivity index (χ3v) is 4.17. The molecule has 1 fully saturated rings. The van der Waals surface area contributed by atoms with Crippen molar-refractivity contribution < 1.29 is 19.1 Å². The first-order chi connectivity index (χ1) is 9.49. The Morgan fingerprint density at radius 1 is 1.35 bits per heavy atom. The van der Waals surface area contributed by atoms with Crippen molar-refractivity contribution in [3.63, 3.8) is 0 Å². The van der Waals surface area contributed by atoms with E-state index < -0.39 is 23.6 Å². The number of aliphatic carboxylic acids is 1. The molecule has 2 unspecified atom stereocenters. The van der Waals surface area contributed by atoms with Crippen LogP contribution in [0.4, 0.5) is 4.39 Å². The minimum absolute atomic E-state index is 0.0307. The van der Waals surface area contributed by atoms with E-state index in [2.05, 4.69) is 21.2 Å². The van der Waals surface area contributed by atoms with Gasteiger partial charge in [0.25, 0.3) is 5.91 Å². The first-order valence-electron chi connectivity index (χ1n) is 6.46. The third kappa shape index (κ3) is 3.36. The number of rotatable bonds is 3. The number of amides is 1. The number of carbonyl (C=O) groups is 2. The van der Waals surface area contributed by atoms with Crippen LogP contribution in [0, 0.1) is 11.7 Å². The van der Waals surface area contributed by atoms with Crippen LogP contribution in [-0.4, -0.2) is 23.0 Å². The lowest BCUT2D eigenvalue weighted by Gasteiger charge is -2.27. The van der Waals surface area contributed by atoms with Gasteiger partial charge in [-0.05, 0) is 47.3 Å². The molecule has 0 bridgehead atoms. The summed E-state index contributed by atoms with van der Waals surface area (Å²) in [6.45, 7) is 0. The predicted octanol–water partition coefficient (Wildman–Crippen LogP) is 2.96. The van der Waals surface area contributed by atoms with Gasteiger partial charge in [0.2, 0.25) is 0 Å². The zero-order valence-electron chi connectivity index (χ0n) is 10.7. The normalized spacial score (nSPS) is 22.3. The van der Waals surface area contributed by atoms with E-state index in [9.17, 15) is 14.0 Å². The zero-order chi connectivity index (χ0) is 14.7. The first kappa shape index (κ1) is 15.0. The maximum absolute atomic E-state index is 13.8. The monoisotopic (exact) mass is 343 g/mol. The summed E-state index contributed by atoms with van der Waals surface area (Å²) in [7, 11) is 0. The number of carboxylic acids is 1. The lowest BCUT2D eigenvalue weighted by atomic mass is 9.85. The number of hydrogen-bond acceptors (Lipinski definition) is 2. The van der Waals surface area contributed by atoms with Gasteiger partial charge in [0.15, 0.2) is 0 Å². The Morgan fingerprint density at radius 2 is 2.10 bits per heavy atom. The van der Waals surface area contributed by atoms with Gasteiger partial charge in [-0.3, -0.25) is 9.59 Å². The highest BCUT2D eigenvalue weighted by Gasteiger charge is 2.28. The van der Waals surface area contributed by atoms with Gasteiger partial charge in [-0.1, -0.05) is 12.5 Å². The van der Waals surface area contributed by atoms with Gasteiger partial charge in [0.05, 0.1) is 16.0 Å². The lowest BCUT2D eigenvalue weighted by Crippen LogP contribution is -2.40. The van der Waals surface area contributed by atoms with Crippen LogP contribution in [0.2, 0.25) is 0 Å². The Balaban J connectivity index is 2.04. The van der Waals surface area contributed by atoms with E-state index in [0.29, 0.717) is 12.8 Å². The van der Waals surface area contributed by atoms with E-state index >= 15 is 0 Å². The van der Waals surface area contributed by atoms with E-state index in [1.165, 1.54) is 12.1 Å². The molecule has 2 atom stereocenters. The van der Waals surface area contributed by atoms with Crippen molar-refractivity contribution in [2.45, 2.75) is 31.7 Å². The molecule has 6 heteroatoms. The Labute approximate surface area is 124 Å². The molecular weight excluding hydrogens is 329 g/mol. The second-order valence-corrected chi connectivity index (χ2v) is 5.83. The molecule has 1 aliphatic rings. The number of hydrogen-bond donors (Lipinski definition) is 2. The largest absolute Gasteiger partial charge is 0.481 e. The van der Waals surface area contributed by atoms with Crippen molar-refractivity contribution in [1.82, 2.24) is 5.32 Å². The van der Waals surface area contributed by atoms with Gasteiger partial charge in [-0.2, -0.15) is 0 Å². The number of halogens is 2. The molecule has 2 rings (SSSR count). The molecule has 0 spiro atoms. The Hall–Kier alpha value is -1.43. The highest BCUT2D eigenvalue weighted by molar-refractivity contribution is 9.10. The summed E-state index contributed by atoms with van der Waals surface area (Å²) in [5.74, 6) is -2.37. The van der Waals surface area contributed by atoms with Crippen LogP contribution < -0.4 is 5.32 Å². The van der Waals surface area contributed by atoms with Crippen molar-refractivity contribution in [1.29, 1.82) is 0 Å². The minimum Gasteiger partial charge on any atom is -0.481 e. The van der Waals surface area contributed by atoms with Gasteiger partial charge >= 0.3 is 5.97 Å². The Bertz CT molecular complexity index is 535. The molecule has 0 aliphatic heterocycles. The maximum Gasteiger partial charge on any atom is 0.306 e. The topological polar surface area (TPSA) is 66.4 Å². The molecule has 108 valence electrons. The summed E-state index contributed by atoms with van der Waals surface area (Å²) in [6, 6.07) is 4.30. The summed E-state index contributed by atoms with van der Waals surface area (Å²) in [5, 5.41) is 11.7. The van der Waals surface area contributed by atoms with Crippen LogP contribution in [0.1, 0.15) is 36.0 Å². The molecule has 0 heterocycles. The van der Waals surface area contributed by atoms with Gasteiger partial charge in [-0.25, -0.2) is 4.39 Å². The predicted molar refractivity (Wildman–Crippen MR) is 74.9 cm³/mol. The fourth-order valence-electron chi connectivity index (χ4n) is 2.49. The molecule has 1 saturated carbocycles. The van der Waals surface area contributed by atoms with Gasteiger partial charge < -0.3 is 10.4 Å². The second kappa shape index (κ2) is 6.35. The van der Waals surface area contributed by atoms with Crippen LogP contribution in [0.15, 0.2) is 22.7 Å². The van der Waals surface area contributed by atoms with Crippen molar-refractivity contribution >= 4 is 27.8 Å². The third-order valence-electron chi connectivity index (χ3n) is 3.55. The summed E-state index contributed by atoms with van der Waals surface area (Å²) in [5.41, 5.74) is -0.0307. The number of nitrogens with one attached hydrogen (secondary N) is 1. The van der Waals surface area contributed by atoms with E-state index in [4.69, 9.17) is 5.11 Å². The minimum atomic E-state index is -0.836. The summed E-state index contributed by atoms with van der Waals surface area (Å²) >= 11 is 3.04. The highest BCUT2D eigenvalue weighted by atomic mass is 79.9. The molecule has 1 aromatic carbocycles. The average Bonchev–Trinajstić information content (AvgIpc) is 2.42. The van der Waals surface area contributed by atoms with E-state index in [1.54, 1.807) is 6.07 Å². The molecule has 0 saturated heterocycles.